The lowest BCUT2D eigenvalue weighted by Gasteiger charge is -2.33. The van der Waals surface area contributed by atoms with Gasteiger partial charge >= 0.3 is 0 Å². The van der Waals surface area contributed by atoms with Gasteiger partial charge in [-0.3, -0.25) is 9.69 Å². The summed E-state index contributed by atoms with van der Waals surface area (Å²) in [4.78, 5) is 14.1. The van der Waals surface area contributed by atoms with Crippen molar-refractivity contribution in [2.45, 2.75) is 17.7 Å². The van der Waals surface area contributed by atoms with Crippen molar-refractivity contribution in [2.24, 2.45) is 0 Å². The Balaban J connectivity index is 1.46. The molecular weight excluding hydrogens is 393 g/mol. The predicted molar refractivity (Wildman–Crippen MR) is 109 cm³/mol. The maximum atomic E-state index is 13.4. The summed E-state index contributed by atoms with van der Waals surface area (Å²) in [5.41, 5.74) is 1.17. The van der Waals surface area contributed by atoms with E-state index in [0.717, 1.165) is 6.07 Å². The SMILES string of the molecule is C[C@@H](CNC(=O)CN1CCN(S(=O)(=O)c2cccc(F)c2)CC1)c1ccccc1. The number of benzene rings is 2. The topological polar surface area (TPSA) is 69.7 Å². The normalized spacial score (nSPS) is 17.0. The second kappa shape index (κ2) is 9.47. The first-order chi connectivity index (χ1) is 13.9. The molecule has 8 heteroatoms. The summed E-state index contributed by atoms with van der Waals surface area (Å²) in [5, 5.41) is 2.95. The fourth-order valence-corrected chi connectivity index (χ4v) is 4.78. The summed E-state index contributed by atoms with van der Waals surface area (Å²) < 4.78 is 40.0. The van der Waals surface area contributed by atoms with Crippen LogP contribution in [-0.2, 0) is 14.8 Å². The highest BCUT2D eigenvalue weighted by Crippen LogP contribution is 2.18. The second-order valence-corrected chi connectivity index (χ2v) is 9.19. The molecule has 3 rings (SSSR count). The number of hydrogen-bond donors (Lipinski definition) is 1. The van der Waals surface area contributed by atoms with E-state index in [9.17, 15) is 17.6 Å². The molecule has 0 aromatic heterocycles. The third kappa shape index (κ3) is 5.62. The third-order valence-electron chi connectivity index (χ3n) is 5.11. The quantitative estimate of drug-likeness (QED) is 0.746. The summed E-state index contributed by atoms with van der Waals surface area (Å²) in [6.07, 6.45) is 0. The smallest absolute Gasteiger partial charge is 0.243 e. The Morgan fingerprint density at radius 2 is 1.76 bits per heavy atom. The molecule has 1 amide bonds. The molecule has 1 saturated heterocycles. The lowest BCUT2D eigenvalue weighted by molar-refractivity contribution is -0.122. The maximum Gasteiger partial charge on any atom is 0.243 e. The van der Waals surface area contributed by atoms with Gasteiger partial charge in [0.25, 0.3) is 0 Å². The molecule has 2 aromatic rings. The van der Waals surface area contributed by atoms with Crippen LogP contribution in [0.1, 0.15) is 18.4 Å². The van der Waals surface area contributed by atoms with Gasteiger partial charge in [-0.15, -0.1) is 0 Å². The van der Waals surface area contributed by atoms with Crippen molar-refractivity contribution in [3.63, 3.8) is 0 Å². The van der Waals surface area contributed by atoms with Gasteiger partial charge in [-0.05, 0) is 29.7 Å². The molecule has 6 nitrogen and oxygen atoms in total. The minimum absolute atomic E-state index is 0.0430. The van der Waals surface area contributed by atoms with Gasteiger partial charge in [0, 0.05) is 32.7 Å². The van der Waals surface area contributed by atoms with Gasteiger partial charge in [0.2, 0.25) is 15.9 Å². The van der Waals surface area contributed by atoms with Crippen LogP contribution in [0.4, 0.5) is 4.39 Å². The Labute approximate surface area is 171 Å². The van der Waals surface area contributed by atoms with E-state index in [1.54, 1.807) is 0 Å². The molecule has 0 bridgehead atoms. The number of hydrogen-bond acceptors (Lipinski definition) is 4. The molecule has 0 aliphatic carbocycles. The minimum atomic E-state index is -3.72. The van der Waals surface area contributed by atoms with Crippen LogP contribution in [-0.4, -0.2) is 62.8 Å². The van der Waals surface area contributed by atoms with Crippen molar-refractivity contribution in [3.8, 4) is 0 Å². The molecule has 1 aliphatic rings. The largest absolute Gasteiger partial charge is 0.354 e. The molecule has 0 spiro atoms. The number of carbonyl (C=O) groups excluding carboxylic acids is 1. The number of nitrogens with zero attached hydrogens (tertiary/aromatic N) is 2. The summed E-state index contributed by atoms with van der Waals surface area (Å²) in [5.74, 6) is -0.436. The summed E-state index contributed by atoms with van der Waals surface area (Å²) in [6.45, 7) is 4.29. The molecule has 1 fully saturated rings. The number of piperazine rings is 1. The van der Waals surface area contributed by atoms with E-state index >= 15 is 0 Å². The zero-order valence-electron chi connectivity index (χ0n) is 16.4. The average Bonchev–Trinajstić information content (AvgIpc) is 2.73. The van der Waals surface area contributed by atoms with Crippen LogP contribution in [0.15, 0.2) is 59.5 Å². The number of rotatable bonds is 7. The van der Waals surface area contributed by atoms with Crippen molar-refractivity contribution >= 4 is 15.9 Å². The number of nitrogens with one attached hydrogen (secondary N) is 1. The molecule has 1 N–H and O–H groups in total. The van der Waals surface area contributed by atoms with Crippen LogP contribution in [0.5, 0.6) is 0 Å². The van der Waals surface area contributed by atoms with E-state index in [0.29, 0.717) is 19.6 Å². The summed E-state index contributed by atoms with van der Waals surface area (Å²) in [7, 11) is -3.72. The van der Waals surface area contributed by atoms with E-state index < -0.39 is 15.8 Å². The number of halogens is 1. The Morgan fingerprint density at radius 3 is 2.41 bits per heavy atom. The van der Waals surface area contributed by atoms with E-state index in [-0.39, 0.29) is 36.4 Å². The zero-order chi connectivity index (χ0) is 20.9. The Hall–Kier alpha value is -2.29. The Kier molecular flexibility index (Phi) is 7.00. The van der Waals surface area contributed by atoms with Crippen LogP contribution in [0, 0.1) is 5.82 Å². The highest BCUT2D eigenvalue weighted by Gasteiger charge is 2.29. The van der Waals surface area contributed by atoms with Gasteiger partial charge in [-0.25, -0.2) is 12.8 Å². The van der Waals surface area contributed by atoms with Crippen LogP contribution in [0.2, 0.25) is 0 Å². The standard InChI is InChI=1S/C21H26FN3O3S/c1-17(18-6-3-2-4-7-18)15-23-21(26)16-24-10-12-25(13-11-24)29(27,28)20-9-5-8-19(22)14-20/h2-9,14,17H,10-13,15-16H2,1H3,(H,23,26)/t17-/m0/s1. The van der Waals surface area contributed by atoms with Gasteiger partial charge in [0.15, 0.2) is 0 Å². The summed E-state index contributed by atoms with van der Waals surface area (Å²) in [6, 6.07) is 15.0. The van der Waals surface area contributed by atoms with Crippen molar-refractivity contribution in [2.75, 3.05) is 39.3 Å². The lowest BCUT2D eigenvalue weighted by atomic mass is 10.0. The van der Waals surface area contributed by atoms with Gasteiger partial charge < -0.3 is 5.32 Å². The Bertz CT molecular complexity index is 929. The minimum Gasteiger partial charge on any atom is -0.354 e. The highest BCUT2D eigenvalue weighted by atomic mass is 32.2. The molecule has 2 aromatic carbocycles. The van der Waals surface area contributed by atoms with Crippen molar-refractivity contribution < 1.29 is 17.6 Å². The van der Waals surface area contributed by atoms with Crippen LogP contribution in [0.3, 0.4) is 0 Å². The number of amides is 1. The predicted octanol–water partition coefficient (Wildman–Crippen LogP) is 2.05. The van der Waals surface area contributed by atoms with E-state index in [1.807, 2.05) is 35.2 Å². The fourth-order valence-electron chi connectivity index (χ4n) is 3.33. The summed E-state index contributed by atoms with van der Waals surface area (Å²) >= 11 is 0. The van der Waals surface area contributed by atoms with E-state index in [4.69, 9.17) is 0 Å². The first-order valence-corrected chi connectivity index (χ1v) is 11.1. The molecule has 29 heavy (non-hydrogen) atoms. The zero-order valence-corrected chi connectivity index (χ0v) is 17.2. The van der Waals surface area contributed by atoms with Crippen molar-refractivity contribution in [1.29, 1.82) is 0 Å². The Morgan fingerprint density at radius 1 is 1.07 bits per heavy atom. The molecule has 1 heterocycles. The second-order valence-electron chi connectivity index (χ2n) is 7.25. The van der Waals surface area contributed by atoms with Gasteiger partial charge in [-0.1, -0.05) is 43.3 Å². The molecule has 1 aliphatic heterocycles. The maximum absolute atomic E-state index is 13.4. The first-order valence-electron chi connectivity index (χ1n) is 9.66. The fraction of sp³-hybridized carbons (Fsp3) is 0.381. The van der Waals surface area contributed by atoms with E-state index in [1.165, 1.54) is 28.1 Å². The molecule has 1 atom stereocenters. The molecular formula is C21H26FN3O3S. The molecule has 0 saturated carbocycles. The van der Waals surface area contributed by atoms with Gasteiger partial charge in [-0.2, -0.15) is 4.31 Å². The van der Waals surface area contributed by atoms with E-state index in [2.05, 4.69) is 12.2 Å². The monoisotopic (exact) mass is 419 g/mol. The molecule has 0 unspecified atom stereocenters. The lowest BCUT2D eigenvalue weighted by Crippen LogP contribution is -2.51. The van der Waals surface area contributed by atoms with Gasteiger partial charge in [0.05, 0.1) is 11.4 Å². The number of carbonyl (C=O) groups is 1. The van der Waals surface area contributed by atoms with Crippen LogP contribution < -0.4 is 5.32 Å². The molecule has 156 valence electrons. The van der Waals surface area contributed by atoms with Gasteiger partial charge in [0.1, 0.15) is 5.82 Å². The van der Waals surface area contributed by atoms with Crippen molar-refractivity contribution in [3.05, 3.63) is 66.0 Å². The highest BCUT2D eigenvalue weighted by molar-refractivity contribution is 7.89. The number of sulfonamides is 1. The molecule has 0 radical (unpaired) electrons. The third-order valence-corrected chi connectivity index (χ3v) is 7.00. The van der Waals surface area contributed by atoms with Crippen LogP contribution >= 0.6 is 0 Å². The van der Waals surface area contributed by atoms with Crippen molar-refractivity contribution in [1.82, 2.24) is 14.5 Å². The van der Waals surface area contributed by atoms with Crippen LogP contribution in [0.25, 0.3) is 0 Å². The first kappa shape index (κ1) is 21.4. The average molecular weight is 420 g/mol.